The van der Waals surface area contributed by atoms with E-state index in [4.69, 9.17) is 4.74 Å². The van der Waals surface area contributed by atoms with Crippen molar-refractivity contribution >= 4 is 11.8 Å². The molecule has 4 aliphatic rings. The molecule has 0 amide bonds. The van der Waals surface area contributed by atoms with Gasteiger partial charge < -0.3 is 4.74 Å². The molecule has 0 radical (unpaired) electrons. The summed E-state index contributed by atoms with van der Waals surface area (Å²) >= 11 is 0. The predicted octanol–water partition coefficient (Wildman–Crippen LogP) is 8.70. The first-order valence-corrected chi connectivity index (χ1v) is 15.1. The van der Waals surface area contributed by atoms with Crippen LogP contribution in [0.1, 0.15) is 133 Å². The molecule has 0 bridgehead atoms. The van der Waals surface area contributed by atoms with Crippen molar-refractivity contribution in [1.82, 2.24) is 0 Å². The van der Waals surface area contributed by atoms with Crippen LogP contribution in [0.4, 0.5) is 0 Å². The van der Waals surface area contributed by atoms with Gasteiger partial charge >= 0.3 is 5.97 Å². The number of hydrogen-bond acceptors (Lipinski definition) is 3. The van der Waals surface area contributed by atoms with Gasteiger partial charge in [0.05, 0.1) is 0 Å². The van der Waals surface area contributed by atoms with E-state index >= 15 is 0 Å². The van der Waals surface area contributed by atoms with Crippen molar-refractivity contribution in [2.24, 2.45) is 45.3 Å². The van der Waals surface area contributed by atoms with Crippen LogP contribution in [0.2, 0.25) is 0 Å². The fourth-order valence-corrected chi connectivity index (χ4v) is 10.2. The molecule has 2 fully saturated rings. The normalized spacial score (nSPS) is 40.3. The summed E-state index contributed by atoms with van der Waals surface area (Å²) in [6.45, 7) is 20.4. The summed E-state index contributed by atoms with van der Waals surface area (Å²) in [5, 5.41) is 0. The van der Waals surface area contributed by atoms with Crippen LogP contribution in [0.15, 0.2) is 11.1 Å². The van der Waals surface area contributed by atoms with Crippen LogP contribution < -0.4 is 0 Å². The molecule has 7 atom stereocenters. The van der Waals surface area contributed by atoms with Crippen molar-refractivity contribution in [3.8, 4) is 0 Å². The fourth-order valence-electron chi connectivity index (χ4n) is 10.2. The third kappa shape index (κ3) is 4.23. The molecule has 0 heterocycles. The zero-order chi connectivity index (χ0) is 26.7. The number of carbonyl (C=O) groups is 2. The maximum Gasteiger partial charge on any atom is 0.302 e. The number of allylic oxidation sites excluding steroid dienone is 2. The summed E-state index contributed by atoms with van der Waals surface area (Å²) in [4.78, 5) is 24.8. The second-order valence-corrected chi connectivity index (χ2v) is 14.9. The molecule has 0 aromatic heterocycles. The van der Waals surface area contributed by atoms with E-state index in [1.165, 1.54) is 51.4 Å². The predicted molar refractivity (Wildman–Crippen MR) is 147 cm³/mol. The Kier molecular flexibility index (Phi) is 7.41. The molecule has 0 aromatic rings. The summed E-state index contributed by atoms with van der Waals surface area (Å²) in [6.07, 6.45) is 12.8. The number of rotatable bonds is 7. The van der Waals surface area contributed by atoms with Gasteiger partial charge in [0.1, 0.15) is 11.9 Å². The Bertz CT molecular complexity index is 912. The van der Waals surface area contributed by atoms with E-state index in [0.717, 1.165) is 19.3 Å². The van der Waals surface area contributed by atoms with E-state index < -0.39 is 0 Å². The molecule has 0 saturated heterocycles. The highest BCUT2D eigenvalue weighted by molar-refractivity contribution is 5.78. The lowest BCUT2D eigenvalue weighted by Gasteiger charge is -2.62. The van der Waals surface area contributed by atoms with Crippen LogP contribution >= 0.6 is 0 Å². The van der Waals surface area contributed by atoms with Crippen molar-refractivity contribution in [2.75, 3.05) is 0 Å². The molecule has 3 nitrogen and oxygen atoms in total. The molecule has 0 N–H and O–H groups in total. The Labute approximate surface area is 221 Å². The average Bonchev–Trinajstić information content (AvgIpc) is 3.04. The van der Waals surface area contributed by atoms with Crippen LogP contribution in [0.5, 0.6) is 0 Å². The minimum absolute atomic E-state index is 0.00674. The van der Waals surface area contributed by atoms with Crippen LogP contribution in [0.3, 0.4) is 0 Å². The SMILES string of the molecule is CC(=O)O[C@@H]1CC[C@]2(C)C3=C(CC[C@@H]2C1(C)C)[C@]1(C)CC[C@H]([C@H](CCCC(C)C)C(C)=O)[C@]1(C)CC3. The van der Waals surface area contributed by atoms with Gasteiger partial charge in [-0.1, -0.05) is 72.5 Å². The Morgan fingerprint density at radius 2 is 1.58 bits per heavy atom. The molecule has 3 heteroatoms. The topological polar surface area (TPSA) is 43.4 Å². The summed E-state index contributed by atoms with van der Waals surface area (Å²) in [7, 11) is 0. The van der Waals surface area contributed by atoms with Crippen LogP contribution in [-0.4, -0.2) is 17.9 Å². The summed E-state index contributed by atoms with van der Waals surface area (Å²) in [5.74, 6) is 2.29. The molecular weight excluding hydrogens is 444 g/mol. The number of fused-ring (bicyclic) bond motifs is 4. The molecule has 0 aromatic carbocycles. The van der Waals surface area contributed by atoms with Gasteiger partial charge in [-0.15, -0.1) is 0 Å². The van der Waals surface area contributed by atoms with Gasteiger partial charge in [-0.05, 0) is 98.7 Å². The third-order valence-corrected chi connectivity index (χ3v) is 12.4. The fraction of sp³-hybridized carbons (Fsp3) is 0.879. The zero-order valence-electron chi connectivity index (χ0n) is 24.9. The number of Topliss-reactive ketones (excluding diaryl/α,β-unsaturated/α-hetero) is 1. The molecule has 0 unspecified atom stereocenters. The van der Waals surface area contributed by atoms with Crippen LogP contribution in [0, 0.1) is 45.3 Å². The Balaban J connectivity index is 1.65. The summed E-state index contributed by atoms with van der Waals surface area (Å²) in [6, 6.07) is 0. The van der Waals surface area contributed by atoms with Gasteiger partial charge in [0.15, 0.2) is 0 Å². The second kappa shape index (κ2) is 9.57. The molecule has 0 spiro atoms. The van der Waals surface area contributed by atoms with Crippen molar-refractivity contribution in [3.05, 3.63) is 11.1 Å². The van der Waals surface area contributed by atoms with Crippen molar-refractivity contribution in [2.45, 2.75) is 139 Å². The molecule has 2 saturated carbocycles. The molecule has 4 aliphatic carbocycles. The Hall–Kier alpha value is -1.12. The summed E-state index contributed by atoms with van der Waals surface area (Å²) in [5.41, 5.74) is 4.15. The maximum atomic E-state index is 13.0. The van der Waals surface area contributed by atoms with Gasteiger partial charge in [0.25, 0.3) is 0 Å². The highest BCUT2D eigenvalue weighted by Crippen LogP contribution is 2.72. The quantitative estimate of drug-likeness (QED) is 0.260. The van der Waals surface area contributed by atoms with Gasteiger partial charge in [-0.2, -0.15) is 0 Å². The molecule has 36 heavy (non-hydrogen) atoms. The number of ketones is 1. The van der Waals surface area contributed by atoms with E-state index in [9.17, 15) is 9.59 Å². The summed E-state index contributed by atoms with van der Waals surface area (Å²) < 4.78 is 5.86. The van der Waals surface area contributed by atoms with Crippen LogP contribution in [0.25, 0.3) is 0 Å². The highest BCUT2D eigenvalue weighted by Gasteiger charge is 2.64. The number of carbonyl (C=O) groups excluding carboxylic acids is 2. The van der Waals surface area contributed by atoms with Crippen LogP contribution in [-0.2, 0) is 14.3 Å². The first-order chi connectivity index (χ1) is 16.7. The van der Waals surface area contributed by atoms with Gasteiger partial charge in [-0.3, -0.25) is 9.59 Å². The van der Waals surface area contributed by atoms with E-state index in [2.05, 4.69) is 48.5 Å². The highest BCUT2D eigenvalue weighted by atomic mass is 16.5. The van der Waals surface area contributed by atoms with E-state index in [-0.39, 0.29) is 39.7 Å². The minimum atomic E-state index is -0.140. The number of hydrogen-bond donors (Lipinski definition) is 0. The number of esters is 1. The maximum absolute atomic E-state index is 13.0. The second-order valence-electron chi connectivity index (χ2n) is 14.9. The minimum Gasteiger partial charge on any atom is -0.462 e. The lowest BCUT2D eigenvalue weighted by molar-refractivity contribution is -0.167. The van der Waals surface area contributed by atoms with Gasteiger partial charge in [0.2, 0.25) is 0 Å². The van der Waals surface area contributed by atoms with Gasteiger partial charge in [-0.25, -0.2) is 0 Å². The Morgan fingerprint density at radius 3 is 2.19 bits per heavy atom. The molecule has 0 aliphatic heterocycles. The van der Waals surface area contributed by atoms with E-state index in [1.807, 2.05) is 6.92 Å². The van der Waals surface area contributed by atoms with Crippen molar-refractivity contribution < 1.29 is 14.3 Å². The third-order valence-electron chi connectivity index (χ3n) is 12.4. The average molecular weight is 499 g/mol. The van der Waals surface area contributed by atoms with Gasteiger partial charge in [0, 0.05) is 18.3 Å². The van der Waals surface area contributed by atoms with Crippen molar-refractivity contribution in [1.29, 1.82) is 0 Å². The first kappa shape index (κ1) is 27.9. The van der Waals surface area contributed by atoms with E-state index in [1.54, 1.807) is 18.1 Å². The smallest absolute Gasteiger partial charge is 0.302 e. The van der Waals surface area contributed by atoms with E-state index in [0.29, 0.717) is 23.5 Å². The molecule has 204 valence electrons. The standard InChI is InChI=1S/C33H54O3/c1-21(2)11-10-12-24(22(3)34)25-15-19-33(9)27-13-14-28-30(5,6)29(36-23(4)35)17-18-31(28,7)26(27)16-20-32(25,33)8/h21,24-25,28-29H,10-20H2,1-9H3/t24-,25-,28-,29-,31-,32+,33+/m1/s1. The monoisotopic (exact) mass is 498 g/mol. The largest absolute Gasteiger partial charge is 0.462 e. The molecular formula is C33H54O3. The van der Waals surface area contributed by atoms with Crippen molar-refractivity contribution in [3.63, 3.8) is 0 Å². The lowest BCUT2D eigenvalue weighted by Crippen LogP contribution is -2.56. The Morgan fingerprint density at radius 1 is 0.889 bits per heavy atom. The lowest BCUT2D eigenvalue weighted by atomic mass is 9.43. The molecule has 4 rings (SSSR count). The number of ether oxygens (including phenoxy) is 1. The zero-order valence-corrected chi connectivity index (χ0v) is 24.9. The first-order valence-electron chi connectivity index (χ1n) is 15.1.